The molecule has 3 N–H and O–H groups in total. The maximum absolute atomic E-state index is 12.2. The van der Waals surface area contributed by atoms with E-state index >= 15 is 0 Å². The fourth-order valence-electron chi connectivity index (χ4n) is 7.03. The minimum atomic E-state index is -1.27. The van der Waals surface area contributed by atoms with Crippen LogP contribution in [-0.2, 0) is 65.5 Å². The smallest absolute Gasteiger partial charge is 0.303 e. The van der Waals surface area contributed by atoms with E-state index in [4.69, 9.17) is 45.4 Å². The molecule has 2 aromatic carbocycles. The number of rotatable bonds is 14. The van der Waals surface area contributed by atoms with Crippen molar-refractivity contribution in [2.45, 2.75) is 115 Å². The number of aliphatic hydroxyl groups is 2. The number of esters is 4. The molecule has 0 aromatic heterocycles. The van der Waals surface area contributed by atoms with Crippen LogP contribution in [0.4, 0.5) is 0 Å². The molecule has 5 rings (SSSR count). The summed E-state index contributed by atoms with van der Waals surface area (Å²) in [6.07, 6.45) is -5.70. The van der Waals surface area contributed by atoms with E-state index in [1.807, 2.05) is 48.5 Å². The molecule has 0 spiro atoms. The monoisotopic (exact) mass is 786 g/mol. The lowest BCUT2D eigenvalue weighted by Gasteiger charge is -2.44. The normalized spacial score (nSPS) is 28.1. The first-order chi connectivity index (χ1) is 26.3. The Kier molecular flexibility index (Phi) is 15.1. The molecule has 16 heteroatoms. The minimum absolute atomic E-state index is 0.0202. The summed E-state index contributed by atoms with van der Waals surface area (Å²) in [7, 11) is 0. The van der Waals surface area contributed by atoms with E-state index in [-0.39, 0.29) is 37.9 Å². The molecule has 2 aromatic rings. The van der Waals surface area contributed by atoms with Crippen LogP contribution in [0, 0.1) is 0 Å². The van der Waals surface area contributed by atoms with Gasteiger partial charge in [0.2, 0.25) is 0 Å². The highest BCUT2D eigenvalue weighted by Crippen LogP contribution is 2.38. The highest BCUT2D eigenvalue weighted by atomic mass is 32.1. The molecule has 3 heterocycles. The van der Waals surface area contributed by atoms with Gasteiger partial charge in [0.05, 0.1) is 29.9 Å². The molecule has 3 aliphatic rings. The third kappa shape index (κ3) is 12.2. The lowest BCUT2D eigenvalue weighted by atomic mass is 9.92. The molecule has 55 heavy (non-hydrogen) atoms. The van der Waals surface area contributed by atoms with Crippen LogP contribution in [0.3, 0.4) is 0 Å². The Labute approximate surface area is 325 Å². The van der Waals surface area contributed by atoms with Gasteiger partial charge in [-0.25, -0.2) is 0 Å². The number of nitrogens with zero attached hydrogens (tertiary/aromatic N) is 1. The van der Waals surface area contributed by atoms with Gasteiger partial charge in [0.1, 0.15) is 18.8 Å². The topological polar surface area (TPSA) is 189 Å². The van der Waals surface area contributed by atoms with Crippen LogP contribution in [0.2, 0.25) is 0 Å². The van der Waals surface area contributed by atoms with Gasteiger partial charge in [0.25, 0.3) is 0 Å². The zero-order chi connectivity index (χ0) is 39.6. The molecule has 0 bridgehead atoms. The summed E-state index contributed by atoms with van der Waals surface area (Å²) >= 11 is 5.67. The van der Waals surface area contributed by atoms with Crippen molar-refractivity contribution in [1.82, 2.24) is 10.2 Å². The molecule has 9 atom stereocenters. The zero-order valence-electron chi connectivity index (χ0n) is 31.4. The second kappa shape index (κ2) is 19.7. The zero-order valence-corrected chi connectivity index (χ0v) is 32.2. The Hall–Kier alpha value is -4.03. The highest BCUT2D eigenvalue weighted by Gasteiger charge is 2.52. The SMILES string of the molecule is CC(=O)OCC1OC(CC(=S)NCc2ccc(C3OC(CN4CCC(O)C4)CC(c4ccc(CO)cc4)O3)cc2)C(OC(C)=O)C(OC(C)=O)C1OC(C)=O. The maximum Gasteiger partial charge on any atom is 0.303 e. The van der Waals surface area contributed by atoms with Crippen LogP contribution in [0.5, 0.6) is 0 Å². The van der Waals surface area contributed by atoms with Gasteiger partial charge in [-0.15, -0.1) is 0 Å². The van der Waals surface area contributed by atoms with E-state index in [1.54, 1.807) is 0 Å². The number of hydrogen-bond donors (Lipinski definition) is 3. The largest absolute Gasteiger partial charge is 0.463 e. The first-order valence-electron chi connectivity index (χ1n) is 18.3. The summed E-state index contributed by atoms with van der Waals surface area (Å²) in [6, 6.07) is 15.4. The minimum Gasteiger partial charge on any atom is -0.463 e. The maximum atomic E-state index is 12.2. The third-order valence-corrected chi connectivity index (χ3v) is 9.85. The lowest BCUT2D eigenvalue weighted by Crippen LogP contribution is -2.62. The van der Waals surface area contributed by atoms with Crippen LogP contribution >= 0.6 is 12.2 Å². The molecule has 3 saturated heterocycles. The average molecular weight is 787 g/mol. The standard InChI is InChI=1S/C39H50N2O13S/c1-22(43)48-21-34-37(50-24(3)45)38(51-25(4)46)36(49-23(2)44)33(53-34)16-35(55)40-17-26-5-11-29(12-6-26)39-52-31(19-41-14-13-30(47)18-41)15-32(54-39)28-9-7-27(20-42)8-10-28/h5-12,30-34,36-39,42,47H,13-21H2,1-4H3,(H,40,55). The molecular formula is C39H50N2O13S. The van der Waals surface area contributed by atoms with Crippen LogP contribution in [0.25, 0.3) is 0 Å². The number of thiocarbonyl (C=S) groups is 1. The van der Waals surface area contributed by atoms with Crippen molar-refractivity contribution in [1.29, 1.82) is 0 Å². The van der Waals surface area contributed by atoms with E-state index in [0.29, 0.717) is 31.0 Å². The van der Waals surface area contributed by atoms with Crippen LogP contribution in [-0.4, -0.2) is 113 Å². The number of aliphatic hydroxyl groups excluding tert-OH is 2. The summed E-state index contributed by atoms with van der Waals surface area (Å²) in [5, 5.41) is 22.8. The number of β-amino-alcohol motifs (C(OH)–C–C–N with tert-alkyl or cyclic N) is 1. The van der Waals surface area contributed by atoms with Gasteiger partial charge in [-0.05, 0) is 23.1 Å². The predicted molar refractivity (Wildman–Crippen MR) is 198 cm³/mol. The van der Waals surface area contributed by atoms with Crippen LogP contribution < -0.4 is 5.32 Å². The van der Waals surface area contributed by atoms with Gasteiger partial charge in [-0.1, -0.05) is 60.7 Å². The molecule has 15 nitrogen and oxygen atoms in total. The molecule has 0 radical (unpaired) electrons. The number of carbonyl (C=O) groups is 4. The Morgan fingerprint density at radius 3 is 1.98 bits per heavy atom. The van der Waals surface area contributed by atoms with Gasteiger partial charge in [0, 0.05) is 72.3 Å². The van der Waals surface area contributed by atoms with Gasteiger partial charge < -0.3 is 48.7 Å². The summed E-state index contributed by atoms with van der Waals surface area (Å²) in [5.41, 5.74) is 3.52. The quantitative estimate of drug-likeness (QED) is 0.144. The van der Waals surface area contributed by atoms with Crippen molar-refractivity contribution in [3.8, 4) is 0 Å². The van der Waals surface area contributed by atoms with Crippen molar-refractivity contribution < 1.29 is 62.5 Å². The Bertz CT molecular complexity index is 1640. The van der Waals surface area contributed by atoms with Crippen LogP contribution in [0.1, 0.15) is 81.6 Å². The molecule has 0 amide bonds. The molecule has 0 saturated carbocycles. The van der Waals surface area contributed by atoms with Crippen molar-refractivity contribution in [3.63, 3.8) is 0 Å². The first-order valence-corrected chi connectivity index (χ1v) is 18.8. The predicted octanol–water partition coefficient (Wildman–Crippen LogP) is 2.72. The number of nitrogens with one attached hydrogen (secondary N) is 1. The second-order valence-electron chi connectivity index (χ2n) is 14.0. The third-order valence-electron chi connectivity index (χ3n) is 9.54. The summed E-state index contributed by atoms with van der Waals surface area (Å²) in [5.74, 6) is -2.71. The number of ether oxygens (including phenoxy) is 7. The first kappa shape index (κ1) is 42.1. The fourth-order valence-corrected chi connectivity index (χ4v) is 7.27. The van der Waals surface area contributed by atoms with E-state index < -0.39 is 60.7 Å². The second-order valence-corrected chi connectivity index (χ2v) is 14.5. The summed E-state index contributed by atoms with van der Waals surface area (Å²) < 4.78 is 40.8. The van der Waals surface area contributed by atoms with Crippen molar-refractivity contribution in [2.75, 3.05) is 26.2 Å². The van der Waals surface area contributed by atoms with E-state index in [2.05, 4.69) is 10.2 Å². The van der Waals surface area contributed by atoms with Crippen molar-refractivity contribution >= 4 is 41.1 Å². The van der Waals surface area contributed by atoms with E-state index in [0.717, 1.165) is 42.1 Å². The van der Waals surface area contributed by atoms with E-state index in [9.17, 15) is 29.4 Å². The Balaban J connectivity index is 1.25. The molecule has 0 aliphatic carbocycles. The molecule has 3 fully saturated rings. The molecule has 300 valence electrons. The van der Waals surface area contributed by atoms with Gasteiger partial charge >= 0.3 is 23.9 Å². The highest BCUT2D eigenvalue weighted by molar-refractivity contribution is 7.80. The molecular weight excluding hydrogens is 736 g/mol. The molecule has 3 aliphatic heterocycles. The number of hydrogen-bond acceptors (Lipinski definition) is 15. The summed E-state index contributed by atoms with van der Waals surface area (Å²) in [6.45, 7) is 6.77. The number of likely N-dealkylation sites (tertiary alicyclic amines) is 1. The summed E-state index contributed by atoms with van der Waals surface area (Å²) in [4.78, 5) is 50.6. The fraction of sp³-hybridized carbons (Fsp3) is 0.564. The lowest BCUT2D eigenvalue weighted by molar-refractivity contribution is -0.252. The Morgan fingerprint density at radius 1 is 0.800 bits per heavy atom. The van der Waals surface area contributed by atoms with Crippen LogP contribution in [0.15, 0.2) is 48.5 Å². The van der Waals surface area contributed by atoms with E-state index in [1.165, 1.54) is 20.8 Å². The number of benzene rings is 2. The van der Waals surface area contributed by atoms with Gasteiger partial charge in [-0.3, -0.25) is 24.1 Å². The van der Waals surface area contributed by atoms with Gasteiger partial charge in [-0.2, -0.15) is 0 Å². The van der Waals surface area contributed by atoms with Crippen molar-refractivity contribution in [3.05, 3.63) is 70.8 Å². The average Bonchev–Trinajstić information content (AvgIpc) is 3.55. The molecule has 9 unspecified atom stereocenters. The van der Waals surface area contributed by atoms with Gasteiger partial charge in [0.15, 0.2) is 24.6 Å². The van der Waals surface area contributed by atoms with Crippen molar-refractivity contribution in [2.24, 2.45) is 0 Å². The Morgan fingerprint density at radius 2 is 1.40 bits per heavy atom. The number of carbonyl (C=O) groups excluding carboxylic acids is 4.